The van der Waals surface area contributed by atoms with E-state index in [-0.39, 0.29) is 0 Å². The van der Waals surface area contributed by atoms with E-state index in [1.165, 1.54) is 12.0 Å². The van der Waals surface area contributed by atoms with Crippen LogP contribution in [0.2, 0.25) is 0 Å². The molecule has 0 bridgehead atoms. The van der Waals surface area contributed by atoms with Gasteiger partial charge >= 0.3 is 0 Å². The summed E-state index contributed by atoms with van der Waals surface area (Å²) >= 11 is 0. The largest absolute Gasteiger partial charge is 0.494 e. The van der Waals surface area contributed by atoms with Crippen LogP contribution in [0.1, 0.15) is 39.2 Å². The van der Waals surface area contributed by atoms with E-state index in [2.05, 4.69) is 50.4 Å². The summed E-state index contributed by atoms with van der Waals surface area (Å²) in [6, 6.07) is 9.09. The van der Waals surface area contributed by atoms with Crippen LogP contribution in [0.4, 0.5) is 0 Å². The molecule has 1 aromatic rings. The molecule has 0 amide bonds. The Kier molecular flexibility index (Phi) is 6.81. The molecule has 1 N–H and O–H groups in total. The molecule has 102 valence electrons. The van der Waals surface area contributed by atoms with Crippen LogP contribution in [-0.4, -0.2) is 19.7 Å². The van der Waals surface area contributed by atoms with E-state index in [0.29, 0.717) is 12.0 Å². The molecule has 1 rings (SSSR count). The van der Waals surface area contributed by atoms with Gasteiger partial charge in [-0.05, 0) is 56.8 Å². The molecule has 0 radical (unpaired) electrons. The topological polar surface area (TPSA) is 21.3 Å². The molecule has 1 atom stereocenters. The van der Waals surface area contributed by atoms with Crippen LogP contribution in [0.25, 0.3) is 0 Å². The second-order valence-corrected chi connectivity index (χ2v) is 5.40. The molecule has 2 heteroatoms. The maximum Gasteiger partial charge on any atom is 0.119 e. The molecule has 0 fully saturated rings. The SMILES string of the molecule is CNC(C)CCc1ccc(OCCC(C)C)cc1. The number of aryl methyl sites for hydroxylation is 1. The Bertz CT molecular complexity index is 318. The molecule has 1 unspecified atom stereocenters. The second kappa shape index (κ2) is 8.15. The molecule has 0 aromatic heterocycles. The molecule has 0 saturated heterocycles. The van der Waals surface area contributed by atoms with Crippen molar-refractivity contribution < 1.29 is 4.74 Å². The van der Waals surface area contributed by atoms with Gasteiger partial charge in [-0.25, -0.2) is 0 Å². The lowest BCUT2D eigenvalue weighted by Crippen LogP contribution is -2.21. The Balaban J connectivity index is 2.33. The Labute approximate surface area is 112 Å². The number of benzene rings is 1. The highest BCUT2D eigenvalue weighted by Crippen LogP contribution is 2.14. The van der Waals surface area contributed by atoms with Crippen LogP contribution in [0.3, 0.4) is 0 Å². The third kappa shape index (κ3) is 6.06. The number of rotatable bonds is 8. The van der Waals surface area contributed by atoms with Crippen LogP contribution in [-0.2, 0) is 6.42 Å². The first-order chi connectivity index (χ1) is 8.61. The van der Waals surface area contributed by atoms with Crippen molar-refractivity contribution in [1.29, 1.82) is 0 Å². The van der Waals surface area contributed by atoms with E-state index in [1.54, 1.807) is 0 Å². The lowest BCUT2D eigenvalue weighted by atomic mass is 10.1. The van der Waals surface area contributed by atoms with Gasteiger partial charge in [0.2, 0.25) is 0 Å². The van der Waals surface area contributed by atoms with E-state index in [0.717, 1.165) is 25.2 Å². The first-order valence-corrected chi connectivity index (χ1v) is 7.00. The summed E-state index contributed by atoms with van der Waals surface area (Å²) < 4.78 is 5.71. The molecular formula is C16H27NO. The number of ether oxygens (including phenoxy) is 1. The van der Waals surface area contributed by atoms with Gasteiger partial charge in [0.05, 0.1) is 6.61 Å². The Morgan fingerprint density at radius 1 is 1.06 bits per heavy atom. The number of nitrogens with one attached hydrogen (secondary N) is 1. The van der Waals surface area contributed by atoms with Crippen molar-refractivity contribution in [3.63, 3.8) is 0 Å². The summed E-state index contributed by atoms with van der Waals surface area (Å²) in [5.74, 6) is 1.69. The Morgan fingerprint density at radius 3 is 2.28 bits per heavy atom. The zero-order chi connectivity index (χ0) is 13.4. The van der Waals surface area contributed by atoms with E-state index >= 15 is 0 Å². The van der Waals surface area contributed by atoms with Crippen molar-refractivity contribution in [2.45, 2.75) is 46.1 Å². The molecule has 0 aliphatic carbocycles. The fourth-order valence-electron chi connectivity index (χ4n) is 1.69. The molecule has 0 saturated carbocycles. The lowest BCUT2D eigenvalue weighted by molar-refractivity contribution is 0.289. The normalized spacial score (nSPS) is 12.7. The third-order valence-corrected chi connectivity index (χ3v) is 3.25. The molecular weight excluding hydrogens is 222 g/mol. The maximum absolute atomic E-state index is 5.71. The molecule has 0 aliphatic rings. The van der Waals surface area contributed by atoms with Gasteiger partial charge in [0.15, 0.2) is 0 Å². The van der Waals surface area contributed by atoms with Gasteiger partial charge in [-0.1, -0.05) is 26.0 Å². The van der Waals surface area contributed by atoms with Crippen LogP contribution >= 0.6 is 0 Å². The van der Waals surface area contributed by atoms with Crippen molar-refractivity contribution in [2.24, 2.45) is 5.92 Å². The highest BCUT2D eigenvalue weighted by Gasteiger charge is 2.00. The van der Waals surface area contributed by atoms with Gasteiger partial charge in [-0.15, -0.1) is 0 Å². The van der Waals surface area contributed by atoms with Crippen molar-refractivity contribution in [3.05, 3.63) is 29.8 Å². The summed E-state index contributed by atoms with van der Waals surface area (Å²) in [4.78, 5) is 0. The predicted octanol–water partition coefficient (Wildman–Crippen LogP) is 3.65. The lowest BCUT2D eigenvalue weighted by Gasteiger charge is -2.11. The molecule has 2 nitrogen and oxygen atoms in total. The van der Waals surface area contributed by atoms with Crippen LogP contribution in [0.5, 0.6) is 5.75 Å². The van der Waals surface area contributed by atoms with Gasteiger partial charge < -0.3 is 10.1 Å². The summed E-state index contributed by atoms with van der Waals surface area (Å²) in [6.45, 7) is 7.46. The highest BCUT2D eigenvalue weighted by atomic mass is 16.5. The predicted molar refractivity (Wildman–Crippen MR) is 78.2 cm³/mol. The van der Waals surface area contributed by atoms with Crippen LogP contribution in [0, 0.1) is 5.92 Å². The summed E-state index contributed by atoms with van der Waals surface area (Å²) in [5.41, 5.74) is 1.38. The average molecular weight is 249 g/mol. The molecule has 0 aliphatic heterocycles. The zero-order valence-electron chi connectivity index (χ0n) is 12.2. The fraction of sp³-hybridized carbons (Fsp3) is 0.625. The Hall–Kier alpha value is -1.02. The van der Waals surface area contributed by atoms with Crippen LogP contribution < -0.4 is 10.1 Å². The standard InChI is InChI=1S/C16H27NO/c1-13(2)11-12-18-16-9-7-15(8-10-16)6-5-14(3)17-4/h7-10,13-14,17H,5-6,11-12H2,1-4H3. The average Bonchev–Trinajstić information content (AvgIpc) is 2.37. The maximum atomic E-state index is 5.71. The first kappa shape index (κ1) is 15.0. The minimum atomic E-state index is 0.576. The second-order valence-electron chi connectivity index (χ2n) is 5.40. The summed E-state index contributed by atoms with van der Waals surface area (Å²) in [7, 11) is 2.01. The van der Waals surface area contributed by atoms with Crippen molar-refractivity contribution in [1.82, 2.24) is 5.32 Å². The molecule has 1 aromatic carbocycles. The third-order valence-electron chi connectivity index (χ3n) is 3.25. The molecule has 0 spiro atoms. The first-order valence-electron chi connectivity index (χ1n) is 7.00. The van der Waals surface area contributed by atoms with Crippen LogP contribution in [0.15, 0.2) is 24.3 Å². The highest BCUT2D eigenvalue weighted by molar-refractivity contribution is 5.27. The van der Waals surface area contributed by atoms with Gasteiger partial charge in [0.25, 0.3) is 0 Å². The number of hydrogen-bond donors (Lipinski definition) is 1. The monoisotopic (exact) mass is 249 g/mol. The van der Waals surface area contributed by atoms with E-state index in [1.807, 2.05) is 7.05 Å². The molecule has 0 heterocycles. The van der Waals surface area contributed by atoms with Crippen molar-refractivity contribution in [2.75, 3.05) is 13.7 Å². The quantitative estimate of drug-likeness (QED) is 0.759. The van der Waals surface area contributed by atoms with Gasteiger partial charge in [-0.2, -0.15) is 0 Å². The van der Waals surface area contributed by atoms with Crippen molar-refractivity contribution in [3.8, 4) is 5.75 Å². The fourth-order valence-corrected chi connectivity index (χ4v) is 1.69. The van der Waals surface area contributed by atoms with Crippen molar-refractivity contribution >= 4 is 0 Å². The van der Waals surface area contributed by atoms with E-state index in [4.69, 9.17) is 4.74 Å². The van der Waals surface area contributed by atoms with E-state index < -0.39 is 0 Å². The number of hydrogen-bond acceptors (Lipinski definition) is 2. The van der Waals surface area contributed by atoms with E-state index in [9.17, 15) is 0 Å². The van der Waals surface area contributed by atoms with Gasteiger partial charge in [0, 0.05) is 6.04 Å². The summed E-state index contributed by atoms with van der Waals surface area (Å²) in [5, 5.41) is 3.26. The molecule has 18 heavy (non-hydrogen) atoms. The minimum Gasteiger partial charge on any atom is -0.494 e. The van der Waals surface area contributed by atoms with Gasteiger partial charge in [0.1, 0.15) is 5.75 Å². The Morgan fingerprint density at radius 2 is 1.72 bits per heavy atom. The van der Waals surface area contributed by atoms with Gasteiger partial charge in [-0.3, -0.25) is 0 Å². The summed E-state index contributed by atoms with van der Waals surface area (Å²) in [6.07, 6.45) is 3.40. The minimum absolute atomic E-state index is 0.576. The zero-order valence-corrected chi connectivity index (χ0v) is 12.2. The smallest absolute Gasteiger partial charge is 0.119 e.